The number of hydrogen-bond donors (Lipinski definition) is 3. The Kier molecular flexibility index (Phi) is 7.84. The first-order valence-corrected chi connectivity index (χ1v) is 10.8. The maximum absolute atomic E-state index is 12.6. The van der Waals surface area contributed by atoms with Gasteiger partial charge in [-0.05, 0) is 45.2 Å². The molecule has 3 rings (SSSR count). The number of amides is 1. The number of hydrogen-bond acceptors (Lipinski definition) is 8. The molecule has 1 aliphatic heterocycles. The van der Waals surface area contributed by atoms with Crippen molar-refractivity contribution in [2.75, 3.05) is 43.2 Å². The lowest BCUT2D eigenvalue weighted by molar-refractivity contribution is -0.126. The molecule has 9 heteroatoms. The van der Waals surface area contributed by atoms with E-state index in [-0.39, 0.29) is 23.8 Å². The molecule has 2 aromatic heterocycles. The van der Waals surface area contributed by atoms with E-state index in [1.54, 1.807) is 19.4 Å². The molecule has 0 radical (unpaired) electrons. The molecule has 1 atom stereocenters. The van der Waals surface area contributed by atoms with Crippen molar-refractivity contribution in [1.29, 1.82) is 0 Å². The second kappa shape index (κ2) is 10.8. The first-order chi connectivity index (χ1) is 15.4. The number of carbonyl (C=O) groups excluding carboxylic acids is 1. The van der Waals surface area contributed by atoms with Gasteiger partial charge in [0.15, 0.2) is 0 Å². The van der Waals surface area contributed by atoms with Crippen molar-refractivity contribution in [3.05, 3.63) is 35.2 Å². The average molecular weight is 438 g/mol. The highest BCUT2D eigenvalue weighted by atomic mass is 16.5. The Morgan fingerprint density at radius 3 is 2.69 bits per heavy atom. The summed E-state index contributed by atoms with van der Waals surface area (Å²) in [6, 6.07) is 3.62. The van der Waals surface area contributed by atoms with Gasteiger partial charge in [-0.1, -0.05) is 11.8 Å². The third-order valence-corrected chi connectivity index (χ3v) is 5.52. The summed E-state index contributed by atoms with van der Waals surface area (Å²) in [6.07, 6.45) is 3.90. The van der Waals surface area contributed by atoms with Crippen molar-refractivity contribution in [2.24, 2.45) is 5.92 Å². The Labute approximate surface area is 189 Å². The molecule has 2 aromatic rings. The Bertz CT molecular complexity index is 990. The Morgan fingerprint density at radius 2 is 2.03 bits per heavy atom. The van der Waals surface area contributed by atoms with E-state index < -0.39 is 0 Å². The van der Waals surface area contributed by atoms with Crippen LogP contribution in [0.25, 0.3) is 0 Å². The fourth-order valence-corrected chi connectivity index (χ4v) is 3.65. The SMILES string of the molecule is COCCC(C)NC(=O)C1CCN(c2nc(N)nc(C)c2C#Cc2ccc(N)nc2)CC1. The number of aromatic nitrogens is 3. The number of carbonyl (C=O) groups is 1. The number of nitrogens with two attached hydrogens (primary N) is 2. The normalized spacial score (nSPS) is 15.0. The van der Waals surface area contributed by atoms with Gasteiger partial charge in [-0.25, -0.2) is 9.97 Å². The second-order valence-electron chi connectivity index (χ2n) is 8.04. The molecule has 1 unspecified atom stereocenters. The van der Waals surface area contributed by atoms with Gasteiger partial charge < -0.3 is 26.4 Å². The minimum absolute atomic E-state index is 0.0214. The van der Waals surface area contributed by atoms with Crippen LogP contribution in [-0.4, -0.2) is 53.7 Å². The highest BCUT2D eigenvalue weighted by Gasteiger charge is 2.28. The fourth-order valence-electron chi connectivity index (χ4n) is 3.65. The molecule has 1 amide bonds. The van der Waals surface area contributed by atoms with Gasteiger partial charge in [0.25, 0.3) is 0 Å². The smallest absolute Gasteiger partial charge is 0.223 e. The first kappa shape index (κ1) is 23.3. The van der Waals surface area contributed by atoms with E-state index in [2.05, 4.69) is 37.0 Å². The van der Waals surface area contributed by atoms with Gasteiger partial charge in [-0.2, -0.15) is 4.98 Å². The van der Waals surface area contributed by atoms with Crippen LogP contribution in [0.2, 0.25) is 0 Å². The molecular weight excluding hydrogens is 406 g/mol. The van der Waals surface area contributed by atoms with E-state index >= 15 is 0 Å². The molecule has 1 aliphatic rings. The van der Waals surface area contributed by atoms with Crippen molar-refractivity contribution >= 4 is 23.5 Å². The number of piperidine rings is 1. The molecule has 0 spiro atoms. The molecule has 5 N–H and O–H groups in total. The molecule has 0 aliphatic carbocycles. The molecule has 0 aromatic carbocycles. The summed E-state index contributed by atoms with van der Waals surface area (Å²) in [6.45, 7) is 5.89. The number of anilines is 3. The third kappa shape index (κ3) is 6.08. The van der Waals surface area contributed by atoms with Gasteiger partial charge in [0.2, 0.25) is 11.9 Å². The largest absolute Gasteiger partial charge is 0.385 e. The summed E-state index contributed by atoms with van der Waals surface area (Å²) in [4.78, 5) is 27.6. The van der Waals surface area contributed by atoms with E-state index in [1.807, 2.05) is 19.9 Å². The van der Waals surface area contributed by atoms with Crippen LogP contribution >= 0.6 is 0 Å². The lowest BCUT2D eigenvalue weighted by Gasteiger charge is -2.33. The fraction of sp³-hybridized carbons (Fsp3) is 0.478. The van der Waals surface area contributed by atoms with Crippen LogP contribution in [0.4, 0.5) is 17.6 Å². The first-order valence-electron chi connectivity index (χ1n) is 10.8. The predicted octanol–water partition coefficient (Wildman–Crippen LogP) is 1.50. The summed E-state index contributed by atoms with van der Waals surface area (Å²) in [5.41, 5.74) is 13.8. The zero-order valence-corrected chi connectivity index (χ0v) is 18.9. The molecule has 1 fully saturated rings. The minimum atomic E-state index is -0.0214. The van der Waals surface area contributed by atoms with Crippen molar-refractivity contribution < 1.29 is 9.53 Å². The number of nitrogens with one attached hydrogen (secondary N) is 1. The maximum Gasteiger partial charge on any atom is 0.223 e. The van der Waals surface area contributed by atoms with E-state index in [1.165, 1.54) is 0 Å². The lowest BCUT2D eigenvalue weighted by atomic mass is 9.95. The number of pyridine rings is 1. The Morgan fingerprint density at radius 1 is 1.28 bits per heavy atom. The third-order valence-electron chi connectivity index (χ3n) is 5.52. The van der Waals surface area contributed by atoms with Crippen molar-refractivity contribution in [2.45, 2.75) is 39.2 Å². The number of ether oxygens (including phenoxy) is 1. The highest BCUT2D eigenvalue weighted by molar-refractivity contribution is 5.79. The monoisotopic (exact) mass is 437 g/mol. The number of aryl methyl sites for hydroxylation is 1. The topological polar surface area (TPSA) is 132 Å². The molecule has 3 heterocycles. The van der Waals surface area contributed by atoms with Crippen molar-refractivity contribution in [3.63, 3.8) is 0 Å². The van der Waals surface area contributed by atoms with Crippen LogP contribution in [0, 0.1) is 24.7 Å². The van der Waals surface area contributed by atoms with Crippen LogP contribution in [0.3, 0.4) is 0 Å². The van der Waals surface area contributed by atoms with Crippen LogP contribution in [0.1, 0.15) is 43.0 Å². The van der Waals surface area contributed by atoms with Crippen molar-refractivity contribution in [1.82, 2.24) is 20.3 Å². The van der Waals surface area contributed by atoms with Gasteiger partial charge in [0, 0.05) is 50.5 Å². The van der Waals surface area contributed by atoms with E-state index in [0.717, 1.165) is 36.1 Å². The van der Waals surface area contributed by atoms with Crippen LogP contribution < -0.4 is 21.7 Å². The number of rotatable bonds is 6. The highest BCUT2D eigenvalue weighted by Crippen LogP contribution is 2.26. The summed E-state index contributed by atoms with van der Waals surface area (Å²) >= 11 is 0. The van der Waals surface area contributed by atoms with Crippen molar-refractivity contribution in [3.8, 4) is 11.8 Å². The van der Waals surface area contributed by atoms with Gasteiger partial charge >= 0.3 is 0 Å². The minimum Gasteiger partial charge on any atom is -0.385 e. The Hall–Kier alpha value is -3.38. The van der Waals surface area contributed by atoms with Crippen LogP contribution in [0.15, 0.2) is 18.3 Å². The standard InChI is InChI=1S/C23H31N7O2/c1-15(10-13-32-3)27-22(31)18-8-11-30(12-9-18)21-19(16(2)28-23(25)29-21)6-4-17-5-7-20(24)26-14-17/h5,7,14-15,18H,8-13H2,1-3H3,(H2,24,26)(H,27,31)(H2,25,28,29). The van der Waals surface area contributed by atoms with Gasteiger partial charge in [0.05, 0.1) is 11.3 Å². The summed E-state index contributed by atoms with van der Waals surface area (Å²) in [5, 5.41) is 3.09. The predicted molar refractivity (Wildman–Crippen MR) is 125 cm³/mol. The van der Waals surface area contributed by atoms with E-state index in [0.29, 0.717) is 31.3 Å². The van der Waals surface area contributed by atoms with Gasteiger partial charge in [-0.15, -0.1) is 0 Å². The molecule has 32 heavy (non-hydrogen) atoms. The maximum atomic E-state index is 12.6. The molecular formula is C23H31N7O2. The zero-order chi connectivity index (χ0) is 23.1. The zero-order valence-electron chi connectivity index (χ0n) is 18.9. The van der Waals surface area contributed by atoms with Crippen LogP contribution in [-0.2, 0) is 9.53 Å². The molecule has 170 valence electrons. The molecule has 0 saturated carbocycles. The second-order valence-corrected chi connectivity index (χ2v) is 8.04. The summed E-state index contributed by atoms with van der Waals surface area (Å²) in [7, 11) is 1.66. The average Bonchev–Trinajstić information content (AvgIpc) is 2.78. The summed E-state index contributed by atoms with van der Waals surface area (Å²) < 4.78 is 5.09. The van der Waals surface area contributed by atoms with Gasteiger partial charge in [0.1, 0.15) is 11.6 Å². The number of nitrogens with zero attached hydrogens (tertiary/aromatic N) is 4. The summed E-state index contributed by atoms with van der Waals surface area (Å²) in [5.74, 6) is 7.73. The lowest BCUT2D eigenvalue weighted by Crippen LogP contribution is -2.43. The molecule has 1 saturated heterocycles. The molecule has 9 nitrogen and oxygen atoms in total. The van der Waals surface area contributed by atoms with E-state index in [4.69, 9.17) is 16.2 Å². The number of nitrogen functional groups attached to an aromatic ring is 2. The van der Waals surface area contributed by atoms with Gasteiger partial charge in [-0.3, -0.25) is 4.79 Å². The Balaban J connectivity index is 1.71. The van der Waals surface area contributed by atoms with E-state index in [9.17, 15) is 4.79 Å². The van der Waals surface area contributed by atoms with Crippen LogP contribution in [0.5, 0.6) is 0 Å². The molecule has 0 bridgehead atoms. The quantitative estimate of drug-likeness (QED) is 0.579. The number of methoxy groups -OCH3 is 1.